The fourth-order valence-corrected chi connectivity index (χ4v) is 1.69. The molecule has 0 radical (unpaired) electrons. The Bertz CT molecular complexity index is 555. The summed E-state index contributed by atoms with van der Waals surface area (Å²) in [6.45, 7) is -3.78. The summed E-state index contributed by atoms with van der Waals surface area (Å²) < 4.78 is 51.6. The molecule has 0 unspecified atom stereocenters. The van der Waals surface area contributed by atoms with Crippen LogP contribution in [-0.4, -0.2) is 33.6 Å². The lowest BCUT2D eigenvalue weighted by atomic mass is 10.2. The van der Waals surface area contributed by atoms with Crippen molar-refractivity contribution in [2.75, 3.05) is 6.61 Å². The Morgan fingerprint density at radius 1 is 1.30 bits per heavy atom. The monoisotopic (exact) mass is 306 g/mol. The van der Waals surface area contributed by atoms with Crippen molar-refractivity contribution >= 4 is 16.4 Å². The summed E-state index contributed by atoms with van der Waals surface area (Å²) in [4.78, 5) is 11.7. The van der Waals surface area contributed by atoms with Gasteiger partial charge in [-0.25, -0.2) is 0 Å². The van der Waals surface area contributed by atoms with Gasteiger partial charge in [0.1, 0.15) is 0 Å². The van der Waals surface area contributed by atoms with E-state index in [-0.39, 0.29) is 6.54 Å². The number of benzene rings is 1. The summed E-state index contributed by atoms with van der Waals surface area (Å²) in [6.07, 6.45) is 0. The van der Waals surface area contributed by atoms with Crippen LogP contribution in [0.25, 0.3) is 0 Å². The first-order valence-electron chi connectivity index (χ1n) is 5.50. The maximum absolute atomic E-state index is 11.9. The summed E-state index contributed by atoms with van der Waals surface area (Å²) in [6, 6.07) is 7.26. The van der Waals surface area contributed by atoms with E-state index in [4.69, 9.17) is 0 Å². The number of nitrogens with one attached hydrogen (secondary N) is 1. The topological polar surface area (TPSA) is 84.8 Å². The van der Waals surface area contributed by atoms with Crippen LogP contribution in [0.4, 0.5) is 8.78 Å². The van der Waals surface area contributed by atoms with Gasteiger partial charge in [0.2, 0.25) is 5.91 Å². The fourth-order valence-electron chi connectivity index (χ4n) is 1.32. The summed E-state index contributed by atoms with van der Waals surface area (Å²) >= 11 is 0. The fraction of sp³-hybridized carbons (Fsp3) is 0.364. The van der Waals surface area contributed by atoms with Crippen LogP contribution in [0.1, 0.15) is 5.56 Å². The molecule has 1 aromatic carbocycles. The molecule has 0 aromatic heterocycles. The molecule has 9 heteroatoms. The largest absolute Gasteiger partial charge is 0.350 e. The number of carbonyl (C=O) groups is 1. The molecule has 1 amide bonds. The van der Waals surface area contributed by atoms with E-state index in [9.17, 15) is 22.0 Å². The average molecular weight is 306 g/mol. The van der Waals surface area contributed by atoms with E-state index in [0.717, 1.165) is 5.56 Å². The quantitative estimate of drug-likeness (QED) is 0.813. The van der Waals surface area contributed by atoms with Gasteiger partial charge in [-0.3, -0.25) is 4.79 Å². The van der Waals surface area contributed by atoms with Crippen LogP contribution in [0, 0.1) is 0 Å². The first kappa shape index (κ1) is 16.2. The molecule has 6 nitrogen and oxygen atoms in total. The maximum atomic E-state index is 11.9. The number of hydrogen-bond donors (Lipinski definition) is 1. The molecule has 20 heavy (non-hydrogen) atoms. The van der Waals surface area contributed by atoms with E-state index in [1.54, 1.807) is 30.3 Å². The third kappa shape index (κ3) is 6.34. The van der Waals surface area contributed by atoms with E-state index >= 15 is 0 Å². The van der Waals surface area contributed by atoms with Gasteiger partial charge < -0.3 is 10.1 Å². The Hall–Kier alpha value is -1.87. The Balaban J connectivity index is 2.61. The third-order valence-corrected chi connectivity index (χ3v) is 2.63. The molecule has 0 aliphatic rings. The summed E-state index contributed by atoms with van der Waals surface area (Å²) in [5.74, 6) is -0.807. The van der Waals surface area contributed by atoms with Gasteiger partial charge in [0, 0.05) is 6.54 Å². The van der Waals surface area contributed by atoms with Gasteiger partial charge in [-0.2, -0.15) is 21.6 Å². The molecule has 1 aromatic rings. The van der Waals surface area contributed by atoms with Crippen LogP contribution in [0.15, 0.2) is 34.7 Å². The SMILES string of the molecule is O=C(NCc1ccccc1)[C@@H](COC(F)F)N=S(=O)=O. The molecule has 0 spiro atoms. The molecule has 110 valence electrons. The van der Waals surface area contributed by atoms with E-state index in [0.29, 0.717) is 0 Å². The highest BCUT2D eigenvalue weighted by atomic mass is 32.2. The lowest BCUT2D eigenvalue weighted by Crippen LogP contribution is -2.36. The third-order valence-electron chi connectivity index (χ3n) is 2.21. The molecule has 0 bridgehead atoms. The average Bonchev–Trinajstić information content (AvgIpc) is 2.41. The predicted molar refractivity (Wildman–Crippen MR) is 65.4 cm³/mol. The van der Waals surface area contributed by atoms with Crippen LogP contribution < -0.4 is 5.32 Å². The van der Waals surface area contributed by atoms with Crippen molar-refractivity contribution < 1.29 is 26.7 Å². The van der Waals surface area contributed by atoms with Gasteiger partial charge in [-0.15, -0.1) is 0 Å². The molecule has 0 aliphatic heterocycles. The normalized spacial score (nSPS) is 11.9. The van der Waals surface area contributed by atoms with Crippen molar-refractivity contribution in [2.24, 2.45) is 4.36 Å². The second-order valence-corrected chi connectivity index (χ2v) is 4.28. The number of ether oxygens (including phenoxy) is 1. The van der Waals surface area contributed by atoms with Crippen molar-refractivity contribution in [3.05, 3.63) is 35.9 Å². The van der Waals surface area contributed by atoms with Crippen molar-refractivity contribution in [3.63, 3.8) is 0 Å². The second kappa shape index (κ2) is 8.33. The smallest absolute Gasteiger partial charge is 0.345 e. The number of alkyl halides is 2. The van der Waals surface area contributed by atoms with Crippen LogP contribution in [0.5, 0.6) is 0 Å². The molecule has 0 saturated carbocycles. The molecule has 0 heterocycles. The van der Waals surface area contributed by atoms with Crippen molar-refractivity contribution in [3.8, 4) is 0 Å². The van der Waals surface area contributed by atoms with Gasteiger partial charge in [-0.1, -0.05) is 30.3 Å². The van der Waals surface area contributed by atoms with Gasteiger partial charge in [-0.05, 0) is 5.56 Å². The van der Waals surface area contributed by atoms with Gasteiger partial charge in [0.25, 0.3) is 0 Å². The van der Waals surface area contributed by atoms with Gasteiger partial charge >= 0.3 is 17.1 Å². The molecular formula is C11H12F2N2O4S. The Morgan fingerprint density at radius 3 is 2.50 bits per heavy atom. The van der Waals surface area contributed by atoms with Crippen LogP contribution in [0.2, 0.25) is 0 Å². The highest BCUT2D eigenvalue weighted by Crippen LogP contribution is 2.02. The Morgan fingerprint density at radius 2 is 1.95 bits per heavy atom. The number of halogens is 2. The van der Waals surface area contributed by atoms with Gasteiger partial charge in [0.15, 0.2) is 6.04 Å². The molecule has 1 rings (SSSR count). The number of hydrogen-bond acceptors (Lipinski definition) is 5. The highest BCUT2D eigenvalue weighted by molar-refractivity contribution is 7.61. The first-order valence-corrected chi connectivity index (χ1v) is 6.54. The zero-order valence-electron chi connectivity index (χ0n) is 10.2. The highest BCUT2D eigenvalue weighted by Gasteiger charge is 2.20. The van der Waals surface area contributed by atoms with Crippen molar-refractivity contribution in [1.29, 1.82) is 0 Å². The molecule has 0 saturated heterocycles. The molecule has 1 N–H and O–H groups in total. The minimum Gasteiger partial charge on any atom is -0.350 e. The van der Waals surface area contributed by atoms with Crippen LogP contribution in [0.3, 0.4) is 0 Å². The number of nitrogens with zero attached hydrogens (tertiary/aromatic N) is 1. The summed E-state index contributed by atoms with van der Waals surface area (Å²) in [5.41, 5.74) is 0.776. The molecule has 0 aliphatic carbocycles. The Kier molecular flexibility index (Phi) is 6.74. The maximum Gasteiger partial charge on any atom is 0.345 e. The Labute approximate surface area is 115 Å². The van der Waals surface area contributed by atoms with Crippen molar-refractivity contribution in [2.45, 2.75) is 19.2 Å². The van der Waals surface area contributed by atoms with E-state index in [2.05, 4.69) is 14.4 Å². The minimum absolute atomic E-state index is 0.131. The van der Waals surface area contributed by atoms with E-state index in [1.807, 2.05) is 0 Å². The molecule has 1 atom stereocenters. The zero-order valence-corrected chi connectivity index (χ0v) is 11.0. The van der Waals surface area contributed by atoms with Crippen LogP contribution >= 0.6 is 0 Å². The minimum atomic E-state index is -3.10. The summed E-state index contributed by atoms with van der Waals surface area (Å²) in [5, 5.41) is 2.40. The first-order chi connectivity index (χ1) is 9.49. The standard InChI is InChI=1S/C11H12F2N2O4S/c12-11(13)19-7-9(15-20(17)18)10(16)14-6-8-4-2-1-3-5-8/h1-5,9,11H,6-7H2,(H,14,16)/t9-/m1/s1. The number of rotatable bonds is 7. The summed E-state index contributed by atoms with van der Waals surface area (Å²) in [7, 11) is -2.89. The van der Waals surface area contributed by atoms with Crippen molar-refractivity contribution in [1.82, 2.24) is 5.32 Å². The zero-order chi connectivity index (χ0) is 15.0. The number of carbonyl (C=O) groups excluding carboxylic acids is 1. The second-order valence-electron chi connectivity index (χ2n) is 3.64. The number of amides is 1. The van der Waals surface area contributed by atoms with Gasteiger partial charge in [0.05, 0.1) is 6.61 Å². The molecular weight excluding hydrogens is 294 g/mol. The lowest BCUT2D eigenvalue weighted by Gasteiger charge is -2.11. The van der Waals surface area contributed by atoms with E-state index < -0.39 is 35.7 Å². The van der Waals surface area contributed by atoms with Crippen LogP contribution in [-0.2, 0) is 26.6 Å². The molecule has 0 fully saturated rings. The van der Waals surface area contributed by atoms with E-state index in [1.165, 1.54) is 0 Å². The lowest BCUT2D eigenvalue weighted by molar-refractivity contribution is -0.141. The predicted octanol–water partition coefficient (Wildman–Crippen LogP) is 0.973.